The van der Waals surface area contributed by atoms with Gasteiger partial charge in [-0.2, -0.15) is 0 Å². The molecule has 1 fully saturated rings. The molecule has 38 heavy (non-hydrogen) atoms. The molecule has 0 bridgehead atoms. The number of benzene rings is 3. The van der Waals surface area contributed by atoms with Crippen molar-refractivity contribution in [3.05, 3.63) is 96.5 Å². The number of imide groups is 2. The molecule has 0 radical (unpaired) electrons. The third-order valence-corrected chi connectivity index (χ3v) is 5.83. The molecule has 1 saturated heterocycles. The molecule has 4 rings (SSSR count). The Balaban J connectivity index is 1.72. The summed E-state index contributed by atoms with van der Waals surface area (Å²) in [5, 5.41) is 24.6. The number of ether oxygens (including phenoxy) is 2. The number of nitrogens with one attached hydrogen (secondary N) is 1. The van der Waals surface area contributed by atoms with E-state index in [1.807, 2.05) is 0 Å². The fourth-order valence-electron chi connectivity index (χ4n) is 3.52. The second-order valence-electron chi connectivity index (χ2n) is 7.60. The maximum Gasteiger partial charge on any atom is 0.335 e. The largest absolute Gasteiger partial charge is 0.493 e. The Morgan fingerprint density at radius 2 is 1.66 bits per heavy atom. The molecule has 0 aromatic heterocycles. The summed E-state index contributed by atoms with van der Waals surface area (Å²) in [6.07, 6.45) is 1.24. The van der Waals surface area contributed by atoms with Gasteiger partial charge in [0, 0.05) is 6.07 Å². The van der Waals surface area contributed by atoms with Crippen molar-refractivity contribution in [2.24, 2.45) is 0 Å². The first-order valence-corrected chi connectivity index (χ1v) is 11.3. The second-order valence-corrected chi connectivity index (χ2v) is 8.45. The zero-order chi connectivity index (χ0) is 27.6. The van der Waals surface area contributed by atoms with Gasteiger partial charge in [0.1, 0.15) is 5.57 Å². The van der Waals surface area contributed by atoms with E-state index < -0.39 is 39.1 Å². The number of carbonyl (C=O) groups excluding carboxylic acids is 3. The highest BCUT2D eigenvalue weighted by Crippen LogP contribution is 2.43. The Morgan fingerprint density at radius 3 is 2.29 bits per heavy atom. The molecule has 0 spiro atoms. The van der Waals surface area contributed by atoms with E-state index in [4.69, 9.17) is 9.47 Å². The van der Waals surface area contributed by atoms with Gasteiger partial charge in [-0.15, -0.1) is 0 Å². The molecule has 1 heterocycles. The van der Waals surface area contributed by atoms with Crippen LogP contribution in [0.5, 0.6) is 17.2 Å². The van der Waals surface area contributed by atoms with Crippen LogP contribution in [0.25, 0.3) is 6.08 Å². The first-order chi connectivity index (χ1) is 18.1. The van der Waals surface area contributed by atoms with Gasteiger partial charge in [-0.3, -0.25) is 35.1 Å². The Hall–Kier alpha value is -5.11. The number of nitro groups is 2. The fraction of sp³-hybridized carbons (Fsp3) is 0.0417. The minimum atomic E-state index is -0.899. The third-order valence-electron chi connectivity index (χ3n) is 5.24. The van der Waals surface area contributed by atoms with Crippen LogP contribution in [0.15, 0.2) is 70.7 Å². The summed E-state index contributed by atoms with van der Waals surface area (Å²) in [5.41, 5.74) is -0.909. The van der Waals surface area contributed by atoms with Crippen molar-refractivity contribution in [2.45, 2.75) is 0 Å². The number of barbiturate groups is 1. The average Bonchev–Trinajstić information content (AvgIpc) is 2.88. The quantitative estimate of drug-likeness (QED) is 0.179. The average molecular weight is 583 g/mol. The van der Waals surface area contributed by atoms with Gasteiger partial charge in [0.05, 0.1) is 33.2 Å². The number of halogens is 1. The van der Waals surface area contributed by atoms with Crippen LogP contribution < -0.4 is 19.7 Å². The van der Waals surface area contributed by atoms with Crippen molar-refractivity contribution in [3.63, 3.8) is 0 Å². The molecule has 1 N–H and O–H groups in total. The van der Waals surface area contributed by atoms with Crippen molar-refractivity contribution in [1.29, 1.82) is 0 Å². The van der Waals surface area contributed by atoms with Crippen LogP contribution in [0.3, 0.4) is 0 Å². The zero-order valence-corrected chi connectivity index (χ0v) is 20.8. The van der Waals surface area contributed by atoms with Crippen LogP contribution >= 0.6 is 15.9 Å². The van der Waals surface area contributed by atoms with Crippen LogP contribution in [0.1, 0.15) is 5.56 Å². The molecule has 0 atom stereocenters. The molecule has 0 unspecified atom stereocenters. The van der Waals surface area contributed by atoms with Crippen molar-refractivity contribution in [2.75, 3.05) is 12.0 Å². The molecule has 1 aliphatic heterocycles. The molecular formula is C24H15BrN4O9. The SMILES string of the molecule is COc1cc(/C=C2\C(=O)NC(=O)N(c3ccccc3)C2=O)cc(Br)c1Oc1ccc([N+](=O)[O-])cc1[N+](=O)[O-]. The van der Waals surface area contributed by atoms with Crippen molar-refractivity contribution < 1.29 is 33.7 Å². The van der Waals surface area contributed by atoms with Gasteiger partial charge in [-0.25, -0.2) is 9.69 Å². The highest BCUT2D eigenvalue weighted by Gasteiger charge is 2.36. The van der Waals surface area contributed by atoms with E-state index in [0.29, 0.717) is 5.56 Å². The summed E-state index contributed by atoms with van der Waals surface area (Å²) >= 11 is 3.29. The van der Waals surface area contributed by atoms with Crippen LogP contribution in [-0.4, -0.2) is 34.8 Å². The molecular weight excluding hydrogens is 568 g/mol. The minimum absolute atomic E-state index is 0.00730. The van der Waals surface area contributed by atoms with Crippen LogP contribution in [0, 0.1) is 20.2 Å². The second kappa shape index (κ2) is 10.5. The third kappa shape index (κ3) is 5.05. The number of carbonyl (C=O) groups is 3. The van der Waals surface area contributed by atoms with E-state index in [9.17, 15) is 34.6 Å². The molecule has 0 aliphatic carbocycles. The lowest BCUT2D eigenvalue weighted by Crippen LogP contribution is -2.54. The van der Waals surface area contributed by atoms with Crippen molar-refractivity contribution >= 4 is 56.9 Å². The van der Waals surface area contributed by atoms with Gasteiger partial charge in [-0.05, 0) is 57.9 Å². The Labute approximate surface area is 221 Å². The Bertz CT molecular complexity index is 1540. The summed E-state index contributed by atoms with van der Waals surface area (Å²) < 4.78 is 11.2. The molecule has 4 amide bonds. The van der Waals surface area contributed by atoms with Crippen LogP contribution in [0.4, 0.5) is 21.9 Å². The summed E-state index contributed by atoms with van der Waals surface area (Å²) in [6, 6.07) is 12.9. The first-order valence-electron chi connectivity index (χ1n) is 10.6. The summed E-state index contributed by atoms with van der Waals surface area (Å²) in [6.45, 7) is 0. The molecule has 192 valence electrons. The number of urea groups is 1. The summed E-state index contributed by atoms with van der Waals surface area (Å²) in [5.74, 6) is -1.99. The van der Waals surface area contributed by atoms with E-state index in [-0.39, 0.29) is 33.0 Å². The molecule has 14 heteroatoms. The van der Waals surface area contributed by atoms with E-state index in [2.05, 4.69) is 21.2 Å². The maximum absolute atomic E-state index is 13.1. The highest BCUT2D eigenvalue weighted by molar-refractivity contribution is 9.10. The van der Waals surface area contributed by atoms with Crippen LogP contribution in [-0.2, 0) is 9.59 Å². The Kier molecular flexibility index (Phi) is 7.16. The lowest BCUT2D eigenvalue weighted by atomic mass is 10.1. The van der Waals surface area contributed by atoms with E-state index in [0.717, 1.165) is 23.1 Å². The monoisotopic (exact) mass is 582 g/mol. The minimum Gasteiger partial charge on any atom is -0.493 e. The number of amides is 4. The van der Waals surface area contributed by atoms with Gasteiger partial charge in [0.15, 0.2) is 11.5 Å². The van der Waals surface area contributed by atoms with E-state index in [1.54, 1.807) is 18.2 Å². The van der Waals surface area contributed by atoms with Gasteiger partial charge in [0.25, 0.3) is 17.5 Å². The summed E-state index contributed by atoms with van der Waals surface area (Å²) in [7, 11) is 1.30. The molecule has 0 saturated carbocycles. The van der Waals surface area contributed by atoms with E-state index >= 15 is 0 Å². The number of anilines is 1. The standard InChI is InChI=1S/C24H15BrN4O9/c1-37-20-11-13(9-16-22(30)26-24(32)27(23(16)31)14-5-3-2-4-6-14)10-17(25)21(20)38-19-8-7-15(28(33)34)12-18(19)29(35)36/h2-12H,1H3,(H,26,30,32)/b16-9+. The van der Waals surface area contributed by atoms with Crippen LogP contribution in [0.2, 0.25) is 0 Å². The highest BCUT2D eigenvalue weighted by atomic mass is 79.9. The first kappa shape index (κ1) is 26.0. The predicted molar refractivity (Wildman–Crippen MR) is 136 cm³/mol. The molecule has 3 aromatic rings. The number of methoxy groups -OCH3 is 1. The molecule has 13 nitrogen and oxygen atoms in total. The lowest BCUT2D eigenvalue weighted by Gasteiger charge is -2.26. The predicted octanol–water partition coefficient (Wildman–Crippen LogP) is 4.73. The summed E-state index contributed by atoms with van der Waals surface area (Å²) in [4.78, 5) is 59.6. The normalized spacial score (nSPS) is 14.3. The molecule has 3 aromatic carbocycles. The zero-order valence-electron chi connectivity index (χ0n) is 19.2. The topological polar surface area (TPSA) is 171 Å². The Morgan fingerprint density at radius 1 is 0.947 bits per heavy atom. The lowest BCUT2D eigenvalue weighted by molar-refractivity contribution is -0.394. The number of hydrogen-bond acceptors (Lipinski definition) is 9. The van der Waals surface area contributed by atoms with Gasteiger partial charge in [0.2, 0.25) is 5.75 Å². The van der Waals surface area contributed by atoms with Crippen molar-refractivity contribution in [3.8, 4) is 17.2 Å². The number of non-ortho nitro benzene ring substituents is 1. The number of nitrogens with zero attached hydrogens (tertiary/aromatic N) is 3. The molecule has 1 aliphatic rings. The maximum atomic E-state index is 13.1. The number of hydrogen-bond donors (Lipinski definition) is 1. The fourth-order valence-corrected chi connectivity index (χ4v) is 4.06. The smallest absolute Gasteiger partial charge is 0.335 e. The number of rotatable bonds is 7. The number of para-hydroxylation sites is 1. The van der Waals surface area contributed by atoms with Crippen molar-refractivity contribution in [1.82, 2.24) is 5.32 Å². The van der Waals surface area contributed by atoms with Gasteiger partial charge >= 0.3 is 11.7 Å². The van der Waals surface area contributed by atoms with Gasteiger partial charge in [-0.1, -0.05) is 18.2 Å². The van der Waals surface area contributed by atoms with Gasteiger partial charge < -0.3 is 9.47 Å². The number of nitro benzene ring substituents is 2. The van der Waals surface area contributed by atoms with E-state index in [1.165, 1.54) is 37.5 Å².